The van der Waals surface area contributed by atoms with Gasteiger partial charge in [-0.1, -0.05) is 24.3 Å². The Kier molecular flexibility index (Phi) is 2.66. The van der Waals surface area contributed by atoms with Crippen LogP contribution in [0.25, 0.3) is 42.5 Å². The largest absolute Gasteiger partial charge is 0.254 e. The van der Waals surface area contributed by atoms with Crippen LogP contribution in [0.1, 0.15) is 0 Å². The maximum absolute atomic E-state index is 4.63. The first-order chi connectivity index (χ1) is 11.4. The van der Waals surface area contributed by atoms with Gasteiger partial charge in [-0.15, -0.1) is 11.3 Å². The van der Waals surface area contributed by atoms with Crippen molar-refractivity contribution >= 4 is 42.4 Å². The Balaban J connectivity index is 1.93. The van der Waals surface area contributed by atoms with E-state index >= 15 is 0 Å². The first-order valence-electron chi connectivity index (χ1n) is 7.38. The zero-order valence-electron chi connectivity index (χ0n) is 12.1. The summed E-state index contributed by atoms with van der Waals surface area (Å²) in [7, 11) is 0. The molecule has 23 heavy (non-hydrogen) atoms. The molecule has 4 aromatic heterocycles. The Labute approximate surface area is 136 Å². The second-order valence-corrected chi connectivity index (χ2v) is 6.42. The van der Waals surface area contributed by atoms with Gasteiger partial charge in [-0.2, -0.15) is 0 Å². The standard InChI is InChI=1S/C19H11N3S/c1-2-6-15-13(5-1)14-8-11-22-18(19(14)23-15)17-16-12(7-10-21-17)4-3-9-20-16/h1-11H. The first kappa shape index (κ1) is 12.7. The Morgan fingerprint density at radius 1 is 0.652 bits per heavy atom. The van der Waals surface area contributed by atoms with Crippen LogP contribution in [0.4, 0.5) is 0 Å². The molecule has 4 heteroatoms. The number of benzene rings is 1. The zero-order chi connectivity index (χ0) is 15.2. The fourth-order valence-corrected chi connectivity index (χ4v) is 4.19. The van der Waals surface area contributed by atoms with Crippen LogP contribution in [0.2, 0.25) is 0 Å². The lowest BCUT2D eigenvalue weighted by molar-refractivity contribution is 1.27. The van der Waals surface area contributed by atoms with E-state index in [0.29, 0.717) is 0 Å². The van der Waals surface area contributed by atoms with Gasteiger partial charge in [0.15, 0.2) is 0 Å². The number of hydrogen-bond acceptors (Lipinski definition) is 4. The van der Waals surface area contributed by atoms with Gasteiger partial charge in [-0.05, 0) is 24.3 Å². The predicted molar refractivity (Wildman–Crippen MR) is 95.7 cm³/mol. The van der Waals surface area contributed by atoms with Gasteiger partial charge in [0.25, 0.3) is 0 Å². The van der Waals surface area contributed by atoms with Crippen LogP contribution in [-0.4, -0.2) is 15.0 Å². The summed E-state index contributed by atoms with van der Waals surface area (Å²) in [6, 6.07) is 16.5. The summed E-state index contributed by atoms with van der Waals surface area (Å²) in [6.07, 6.45) is 5.49. The summed E-state index contributed by atoms with van der Waals surface area (Å²) in [4.78, 5) is 13.7. The minimum atomic E-state index is 0.847. The van der Waals surface area contributed by atoms with Gasteiger partial charge in [-0.3, -0.25) is 15.0 Å². The lowest BCUT2D eigenvalue weighted by Crippen LogP contribution is -1.91. The highest BCUT2D eigenvalue weighted by Crippen LogP contribution is 2.39. The Morgan fingerprint density at radius 3 is 2.52 bits per heavy atom. The van der Waals surface area contributed by atoms with Crippen molar-refractivity contribution in [3.63, 3.8) is 0 Å². The summed E-state index contributed by atoms with van der Waals surface area (Å²) in [5, 5.41) is 3.58. The number of fused-ring (bicyclic) bond motifs is 4. The summed E-state index contributed by atoms with van der Waals surface area (Å²) in [5.41, 5.74) is 2.65. The molecule has 0 aliphatic carbocycles. The normalized spacial score (nSPS) is 11.5. The van der Waals surface area contributed by atoms with E-state index < -0.39 is 0 Å². The second-order valence-electron chi connectivity index (χ2n) is 5.37. The maximum Gasteiger partial charge on any atom is 0.116 e. The molecular weight excluding hydrogens is 302 g/mol. The highest BCUT2D eigenvalue weighted by atomic mass is 32.1. The summed E-state index contributed by atoms with van der Waals surface area (Å²) in [5.74, 6) is 0. The van der Waals surface area contributed by atoms with Crippen LogP contribution in [0.5, 0.6) is 0 Å². The van der Waals surface area contributed by atoms with Crippen molar-refractivity contribution in [3.05, 3.63) is 67.1 Å². The van der Waals surface area contributed by atoms with Crippen molar-refractivity contribution in [2.75, 3.05) is 0 Å². The summed E-state index contributed by atoms with van der Waals surface area (Å²) in [6.45, 7) is 0. The van der Waals surface area contributed by atoms with Gasteiger partial charge in [0.1, 0.15) is 11.4 Å². The van der Waals surface area contributed by atoms with Crippen molar-refractivity contribution in [2.24, 2.45) is 0 Å². The number of pyridine rings is 3. The van der Waals surface area contributed by atoms with Crippen molar-refractivity contribution in [3.8, 4) is 11.4 Å². The lowest BCUT2D eigenvalue weighted by atomic mass is 10.1. The Hall–Kier alpha value is -2.85. The van der Waals surface area contributed by atoms with E-state index in [9.17, 15) is 0 Å². The molecule has 0 fully saturated rings. The van der Waals surface area contributed by atoms with Gasteiger partial charge < -0.3 is 0 Å². The highest BCUT2D eigenvalue weighted by Gasteiger charge is 2.14. The molecule has 0 spiro atoms. The van der Waals surface area contributed by atoms with E-state index in [2.05, 4.69) is 51.4 Å². The molecule has 0 aliphatic heterocycles. The van der Waals surface area contributed by atoms with Gasteiger partial charge >= 0.3 is 0 Å². The molecule has 0 saturated heterocycles. The molecule has 0 amide bonds. The molecule has 0 radical (unpaired) electrons. The van der Waals surface area contributed by atoms with Crippen LogP contribution in [0.15, 0.2) is 67.1 Å². The SMILES string of the molecule is c1cnc2c(-c3nccc4c3sc3ccccc34)nccc2c1. The lowest BCUT2D eigenvalue weighted by Gasteiger charge is -2.05. The van der Waals surface area contributed by atoms with Gasteiger partial charge in [0.2, 0.25) is 0 Å². The quantitative estimate of drug-likeness (QED) is 0.434. The second kappa shape index (κ2) is 4.83. The molecule has 3 nitrogen and oxygen atoms in total. The molecule has 0 aliphatic rings. The molecule has 5 aromatic rings. The maximum atomic E-state index is 4.63. The van der Waals surface area contributed by atoms with Gasteiger partial charge in [-0.25, -0.2) is 0 Å². The number of hydrogen-bond donors (Lipinski definition) is 0. The van der Waals surface area contributed by atoms with E-state index in [4.69, 9.17) is 0 Å². The molecule has 0 atom stereocenters. The van der Waals surface area contributed by atoms with E-state index in [1.54, 1.807) is 17.5 Å². The third-order valence-electron chi connectivity index (χ3n) is 4.04. The van der Waals surface area contributed by atoms with Gasteiger partial charge in [0, 0.05) is 39.4 Å². The monoisotopic (exact) mass is 313 g/mol. The van der Waals surface area contributed by atoms with Crippen LogP contribution in [-0.2, 0) is 0 Å². The molecule has 0 saturated carbocycles. The number of thiophene rings is 1. The summed E-state index contributed by atoms with van der Waals surface area (Å²) >= 11 is 1.76. The molecule has 5 rings (SSSR count). The van der Waals surface area contributed by atoms with E-state index in [1.165, 1.54) is 20.2 Å². The van der Waals surface area contributed by atoms with E-state index in [-0.39, 0.29) is 0 Å². The third kappa shape index (κ3) is 1.85. The third-order valence-corrected chi connectivity index (χ3v) is 5.23. The van der Waals surface area contributed by atoms with Crippen LogP contribution in [0.3, 0.4) is 0 Å². The number of nitrogens with zero attached hydrogens (tertiary/aromatic N) is 3. The first-order valence-corrected chi connectivity index (χ1v) is 8.20. The smallest absolute Gasteiger partial charge is 0.116 e. The topological polar surface area (TPSA) is 38.7 Å². The fourth-order valence-electron chi connectivity index (χ4n) is 3.00. The average molecular weight is 313 g/mol. The fraction of sp³-hybridized carbons (Fsp3) is 0. The zero-order valence-corrected chi connectivity index (χ0v) is 12.9. The number of aromatic nitrogens is 3. The highest BCUT2D eigenvalue weighted by molar-refractivity contribution is 7.26. The Morgan fingerprint density at radius 2 is 1.52 bits per heavy atom. The molecule has 108 valence electrons. The Bertz CT molecular complexity index is 1170. The van der Waals surface area contributed by atoms with Crippen LogP contribution < -0.4 is 0 Å². The average Bonchev–Trinajstić information content (AvgIpc) is 3.00. The minimum Gasteiger partial charge on any atom is -0.254 e. The van der Waals surface area contributed by atoms with Crippen molar-refractivity contribution in [2.45, 2.75) is 0 Å². The van der Waals surface area contributed by atoms with E-state index in [1.807, 2.05) is 24.5 Å². The number of rotatable bonds is 1. The summed E-state index contributed by atoms with van der Waals surface area (Å²) < 4.78 is 2.43. The molecule has 4 heterocycles. The van der Waals surface area contributed by atoms with Gasteiger partial charge in [0.05, 0.1) is 10.2 Å². The van der Waals surface area contributed by atoms with Crippen molar-refractivity contribution < 1.29 is 0 Å². The van der Waals surface area contributed by atoms with Crippen LogP contribution >= 0.6 is 11.3 Å². The van der Waals surface area contributed by atoms with E-state index in [0.717, 1.165) is 22.3 Å². The molecule has 0 N–H and O–H groups in total. The van der Waals surface area contributed by atoms with Crippen LogP contribution in [0, 0.1) is 0 Å². The predicted octanol–water partition coefficient (Wildman–Crippen LogP) is 5.06. The molecule has 1 aromatic carbocycles. The molecular formula is C19H11N3S. The molecule has 0 bridgehead atoms. The molecule has 0 unspecified atom stereocenters. The minimum absolute atomic E-state index is 0.847. The van der Waals surface area contributed by atoms with Crippen molar-refractivity contribution in [1.82, 2.24) is 15.0 Å². The van der Waals surface area contributed by atoms with Crippen molar-refractivity contribution in [1.29, 1.82) is 0 Å².